The number of aromatic amines is 1. The van der Waals surface area contributed by atoms with Crippen LogP contribution in [0, 0.1) is 5.92 Å². The minimum absolute atomic E-state index is 0.215. The summed E-state index contributed by atoms with van der Waals surface area (Å²) < 4.78 is 1.69. The molecule has 3 aromatic heterocycles. The average molecular weight is 416 g/mol. The van der Waals surface area contributed by atoms with Crippen LogP contribution in [0.5, 0.6) is 0 Å². The Morgan fingerprint density at radius 1 is 1.23 bits per heavy atom. The van der Waals surface area contributed by atoms with Crippen LogP contribution in [0.25, 0.3) is 16.7 Å². The first-order chi connectivity index (χ1) is 15.3. The molecule has 0 radical (unpaired) electrons. The Morgan fingerprint density at radius 2 is 2.19 bits per heavy atom. The van der Waals surface area contributed by atoms with Crippen molar-refractivity contribution in [3.05, 3.63) is 55.5 Å². The van der Waals surface area contributed by atoms with E-state index in [-0.39, 0.29) is 5.78 Å². The van der Waals surface area contributed by atoms with Gasteiger partial charge in [-0.2, -0.15) is 5.10 Å². The SMILES string of the molecule is O=C(CNc1cccc(-n2cncn2)c1)C[C@@H]1CCCN(c2ncnc3[nH]ccc23)C1. The quantitative estimate of drug-likeness (QED) is 0.477. The number of anilines is 2. The molecule has 1 aromatic carbocycles. The Kier molecular flexibility index (Phi) is 5.30. The number of benzene rings is 1. The third-order valence-electron chi connectivity index (χ3n) is 5.69. The maximum atomic E-state index is 12.7. The lowest BCUT2D eigenvalue weighted by atomic mass is 9.92. The van der Waals surface area contributed by atoms with E-state index in [4.69, 9.17) is 0 Å². The number of nitrogens with zero attached hydrogens (tertiary/aromatic N) is 6. The lowest BCUT2D eigenvalue weighted by Gasteiger charge is -2.33. The van der Waals surface area contributed by atoms with Crippen molar-refractivity contribution in [2.24, 2.45) is 5.92 Å². The molecule has 0 amide bonds. The monoisotopic (exact) mass is 416 g/mol. The topological polar surface area (TPSA) is 105 Å². The van der Waals surface area contributed by atoms with Crippen molar-refractivity contribution < 1.29 is 4.79 Å². The molecule has 1 saturated heterocycles. The molecule has 1 atom stereocenters. The number of nitrogens with one attached hydrogen (secondary N) is 2. The molecule has 4 heterocycles. The van der Waals surface area contributed by atoms with Crippen LogP contribution < -0.4 is 10.2 Å². The van der Waals surface area contributed by atoms with Crippen LogP contribution in [0.4, 0.5) is 11.5 Å². The zero-order valence-corrected chi connectivity index (χ0v) is 17.1. The molecule has 5 rings (SSSR count). The summed E-state index contributed by atoms with van der Waals surface area (Å²) in [5, 5.41) is 8.42. The predicted molar refractivity (Wildman–Crippen MR) is 118 cm³/mol. The van der Waals surface area contributed by atoms with E-state index in [2.05, 4.69) is 35.3 Å². The Bertz CT molecular complexity index is 1170. The van der Waals surface area contributed by atoms with Crippen LogP contribution in [0.1, 0.15) is 19.3 Å². The molecule has 31 heavy (non-hydrogen) atoms. The molecule has 1 fully saturated rings. The molecular formula is C22H24N8O. The number of fused-ring (bicyclic) bond motifs is 1. The van der Waals surface area contributed by atoms with Gasteiger partial charge in [-0.05, 0) is 43.0 Å². The number of carbonyl (C=O) groups is 1. The van der Waals surface area contributed by atoms with Gasteiger partial charge in [0, 0.05) is 31.4 Å². The van der Waals surface area contributed by atoms with Gasteiger partial charge in [0.15, 0.2) is 5.78 Å². The second kappa shape index (κ2) is 8.55. The highest BCUT2D eigenvalue weighted by molar-refractivity contribution is 5.87. The molecule has 1 aliphatic rings. The Hall–Kier alpha value is -3.75. The van der Waals surface area contributed by atoms with Gasteiger partial charge in [-0.1, -0.05) is 6.07 Å². The van der Waals surface area contributed by atoms with E-state index in [1.165, 1.54) is 6.33 Å². The van der Waals surface area contributed by atoms with Gasteiger partial charge in [0.25, 0.3) is 0 Å². The van der Waals surface area contributed by atoms with Gasteiger partial charge in [-0.3, -0.25) is 4.79 Å². The van der Waals surface area contributed by atoms with E-state index >= 15 is 0 Å². The summed E-state index contributed by atoms with van der Waals surface area (Å²) in [5.74, 6) is 1.49. The Morgan fingerprint density at radius 3 is 3.10 bits per heavy atom. The first-order valence-corrected chi connectivity index (χ1v) is 10.5. The highest BCUT2D eigenvalue weighted by Crippen LogP contribution is 2.28. The van der Waals surface area contributed by atoms with Crippen molar-refractivity contribution in [3.8, 4) is 5.69 Å². The summed E-state index contributed by atoms with van der Waals surface area (Å²) in [6.45, 7) is 2.10. The minimum atomic E-state index is 0.215. The highest BCUT2D eigenvalue weighted by Gasteiger charge is 2.24. The number of hydrogen-bond acceptors (Lipinski definition) is 7. The molecule has 0 spiro atoms. The number of H-pyrrole nitrogens is 1. The van der Waals surface area contributed by atoms with Crippen molar-refractivity contribution >= 4 is 28.3 Å². The predicted octanol–water partition coefficient (Wildman–Crippen LogP) is 2.83. The fourth-order valence-corrected chi connectivity index (χ4v) is 4.23. The maximum absolute atomic E-state index is 12.7. The fraction of sp³-hybridized carbons (Fsp3) is 0.318. The van der Waals surface area contributed by atoms with Crippen LogP contribution in [0.15, 0.2) is 55.5 Å². The number of carbonyl (C=O) groups excluding carboxylic acids is 1. The number of piperidine rings is 1. The minimum Gasteiger partial charge on any atom is -0.378 e. The van der Waals surface area contributed by atoms with Crippen LogP contribution >= 0.6 is 0 Å². The highest BCUT2D eigenvalue weighted by atomic mass is 16.1. The lowest BCUT2D eigenvalue weighted by Crippen LogP contribution is -2.37. The zero-order chi connectivity index (χ0) is 21.0. The summed E-state index contributed by atoms with van der Waals surface area (Å²) in [7, 11) is 0. The molecule has 2 N–H and O–H groups in total. The summed E-state index contributed by atoms with van der Waals surface area (Å²) in [4.78, 5) is 30.9. The summed E-state index contributed by atoms with van der Waals surface area (Å²) in [5.41, 5.74) is 2.64. The average Bonchev–Trinajstić information content (AvgIpc) is 3.50. The smallest absolute Gasteiger partial charge is 0.152 e. The molecule has 0 unspecified atom stereocenters. The standard InChI is InChI=1S/C22H24N8O/c31-19(11-25-17-4-1-5-18(10-17)30-15-23-13-28-30)9-16-3-2-8-29(12-16)22-20-6-7-24-21(20)26-14-27-22/h1,4-7,10,13-16,25H,2-3,8-9,11-12H2,(H,24,26,27)/t16-/m0/s1. The number of hydrogen-bond donors (Lipinski definition) is 2. The van der Waals surface area contributed by atoms with Crippen LogP contribution in [0.3, 0.4) is 0 Å². The zero-order valence-electron chi connectivity index (χ0n) is 17.1. The van der Waals surface area contributed by atoms with E-state index in [1.54, 1.807) is 17.3 Å². The van der Waals surface area contributed by atoms with Crippen molar-refractivity contribution in [2.45, 2.75) is 19.3 Å². The molecule has 0 saturated carbocycles. The van der Waals surface area contributed by atoms with Crippen molar-refractivity contribution in [1.29, 1.82) is 0 Å². The molecule has 9 nitrogen and oxygen atoms in total. The number of Topliss-reactive ketones (excluding diaryl/α,β-unsaturated/α-hetero) is 1. The Labute approximate surface area is 179 Å². The second-order valence-electron chi connectivity index (χ2n) is 7.88. The van der Waals surface area contributed by atoms with Crippen LogP contribution in [0.2, 0.25) is 0 Å². The van der Waals surface area contributed by atoms with Crippen LogP contribution in [-0.2, 0) is 4.79 Å². The summed E-state index contributed by atoms with van der Waals surface area (Å²) >= 11 is 0. The third kappa shape index (κ3) is 4.25. The largest absolute Gasteiger partial charge is 0.378 e. The molecule has 1 aliphatic heterocycles. The molecule has 4 aromatic rings. The summed E-state index contributed by atoms with van der Waals surface area (Å²) in [6.07, 6.45) is 9.31. The first kappa shape index (κ1) is 19.2. The van der Waals surface area contributed by atoms with Gasteiger partial charge < -0.3 is 15.2 Å². The molecule has 158 valence electrons. The first-order valence-electron chi connectivity index (χ1n) is 10.5. The number of aromatic nitrogens is 6. The fourth-order valence-electron chi connectivity index (χ4n) is 4.23. The Balaban J connectivity index is 1.18. The van der Waals surface area contributed by atoms with E-state index in [1.807, 2.05) is 36.5 Å². The molecule has 9 heteroatoms. The molecule has 0 bridgehead atoms. The second-order valence-corrected chi connectivity index (χ2v) is 7.88. The maximum Gasteiger partial charge on any atom is 0.152 e. The van der Waals surface area contributed by atoms with Crippen LogP contribution in [-0.4, -0.2) is 55.1 Å². The van der Waals surface area contributed by atoms with Crippen molar-refractivity contribution in [2.75, 3.05) is 29.9 Å². The van der Waals surface area contributed by atoms with Gasteiger partial charge in [-0.15, -0.1) is 0 Å². The van der Waals surface area contributed by atoms with Gasteiger partial charge in [0.1, 0.15) is 30.4 Å². The van der Waals surface area contributed by atoms with Gasteiger partial charge in [0.2, 0.25) is 0 Å². The third-order valence-corrected chi connectivity index (χ3v) is 5.69. The number of ketones is 1. The number of rotatable bonds is 7. The summed E-state index contributed by atoms with van der Waals surface area (Å²) in [6, 6.07) is 9.81. The van der Waals surface area contributed by atoms with Crippen molar-refractivity contribution in [3.63, 3.8) is 0 Å². The lowest BCUT2D eigenvalue weighted by molar-refractivity contribution is -0.118. The van der Waals surface area contributed by atoms with E-state index in [0.29, 0.717) is 18.9 Å². The van der Waals surface area contributed by atoms with Crippen molar-refractivity contribution in [1.82, 2.24) is 29.7 Å². The van der Waals surface area contributed by atoms with E-state index in [9.17, 15) is 4.79 Å². The van der Waals surface area contributed by atoms with Gasteiger partial charge >= 0.3 is 0 Å². The van der Waals surface area contributed by atoms with E-state index < -0.39 is 0 Å². The molecule has 0 aliphatic carbocycles. The van der Waals surface area contributed by atoms with Gasteiger partial charge in [-0.25, -0.2) is 19.6 Å². The van der Waals surface area contributed by atoms with Gasteiger partial charge in [0.05, 0.1) is 17.6 Å². The molecular weight excluding hydrogens is 392 g/mol. The van der Waals surface area contributed by atoms with E-state index in [0.717, 1.165) is 54.2 Å². The normalized spacial score (nSPS) is 16.5.